The van der Waals surface area contributed by atoms with Crippen molar-refractivity contribution in [2.24, 2.45) is 0 Å². The molecule has 0 radical (unpaired) electrons. The SMILES string of the molecule is CB(C)C.[I][V][I]. The zero-order valence-electron chi connectivity index (χ0n) is 4.78. The molecule has 0 amide bonds. The van der Waals surface area contributed by atoms with E-state index in [-0.39, 0.29) is 0 Å². The van der Waals surface area contributed by atoms with Crippen molar-refractivity contribution in [3.05, 3.63) is 0 Å². The number of hydrogen-bond acceptors (Lipinski definition) is 0. The topological polar surface area (TPSA) is 0 Å². The Hall–Kier alpha value is 2.11. The van der Waals surface area contributed by atoms with Gasteiger partial charge in [0, 0.05) is 0 Å². The molecule has 0 fully saturated rings. The van der Waals surface area contributed by atoms with Crippen LogP contribution in [0.2, 0.25) is 20.5 Å². The number of rotatable bonds is 0. The van der Waals surface area contributed by atoms with Gasteiger partial charge in [-0.1, -0.05) is 20.5 Å². The average Bonchev–Trinajstić information content (AvgIpc) is 1.33. The summed E-state index contributed by atoms with van der Waals surface area (Å²) >= 11 is 4.74. The minimum atomic E-state index is 0.628. The molecule has 0 rings (SSSR count). The van der Waals surface area contributed by atoms with Crippen LogP contribution in [0.15, 0.2) is 0 Å². The molecule has 0 aromatic rings. The number of hydrogen-bond donors (Lipinski definition) is 0. The zero-order chi connectivity index (χ0) is 6.28. The van der Waals surface area contributed by atoms with Crippen LogP contribution in [0.1, 0.15) is 0 Å². The molecule has 0 aliphatic carbocycles. The molecule has 0 atom stereocenters. The third-order valence-electron chi connectivity index (χ3n) is 0. The van der Waals surface area contributed by atoms with E-state index < -0.39 is 0 Å². The van der Waals surface area contributed by atoms with E-state index in [1.54, 1.807) is 0 Å². The molecule has 0 saturated carbocycles. The van der Waals surface area contributed by atoms with E-state index in [0.29, 0.717) is 9.47 Å². The molecule has 0 bridgehead atoms. The van der Waals surface area contributed by atoms with Crippen LogP contribution in [0.3, 0.4) is 0 Å². The third kappa shape index (κ3) is 68.0. The molecule has 0 heterocycles. The van der Waals surface area contributed by atoms with Crippen molar-refractivity contribution < 1.29 is 9.47 Å². The summed E-state index contributed by atoms with van der Waals surface area (Å²) in [5.41, 5.74) is 0. The zero-order valence-corrected chi connectivity index (χ0v) is 10.5. The van der Waals surface area contributed by atoms with Crippen LogP contribution in [-0.4, -0.2) is 6.71 Å². The Labute approximate surface area is 75.5 Å². The van der Waals surface area contributed by atoms with Crippen LogP contribution < -0.4 is 0 Å². The molecule has 0 saturated heterocycles. The molecule has 0 spiro atoms. The van der Waals surface area contributed by atoms with Gasteiger partial charge < -0.3 is 0 Å². The molecule has 43 valence electrons. The maximum absolute atomic E-state index is 2.37. The first kappa shape index (κ1) is 11.9. The first-order chi connectivity index (χ1) is 3.15. The van der Waals surface area contributed by atoms with Gasteiger partial charge in [-0.2, -0.15) is 0 Å². The predicted molar refractivity (Wildman–Crippen MR) is 51.4 cm³/mol. The molecular formula is C3H9BI2V. The maximum atomic E-state index is 2.37. The summed E-state index contributed by atoms with van der Waals surface area (Å²) in [6.07, 6.45) is 0. The van der Waals surface area contributed by atoms with Gasteiger partial charge in [-0.15, -0.1) is 0 Å². The van der Waals surface area contributed by atoms with Crippen molar-refractivity contribution in [2.45, 2.75) is 20.5 Å². The van der Waals surface area contributed by atoms with Gasteiger partial charge >= 0.3 is 49.4 Å². The van der Waals surface area contributed by atoms with Gasteiger partial charge in [-0.05, 0) is 0 Å². The van der Waals surface area contributed by atoms with E-state index in [2.05, 4.69) is 60.4 Å². The minimum absolute atomic E-state index is 0.628. The van der Waals surface area contributed by atoms with Gasteiger partial charge in [0.25, 0.3) is 0 Å². The van der Waals surface area contributed by atoms with Crippen LogP contribution in [-0.2, 0) is 9.47 Å². The van der Waals surface area contributed by atoms with Gasteiger partial charge in [-0.3, -0.25) is 0 Å². The Morgan fingerprint density at radius 2 is 1.14 bits per heavy atom. The first-order valence-electron chi connectivity index (χ1n) is 2.07. The van der Waals surface area contributed by atoms with E-state index in [0.717, 1.165) is 6.71 Å². The summed E-state index contributed by atoms with van der Waals surface area (Å²) in [5, 5.41) is 0. The van der Waals surface area contributed by atoms with Crippen molar-refractivity contribution in [2.75, 3.05) is 0 Å². The van der Waals surface area contributed by atoms with E-state index >= 15 is 0 Å². The Bertz CT molecular complexity index is 24.1. The molecule has 0 N–H and O–H groups in total. The van der Waals surface area contributed by atoms with Crippen molar-refractivity contribution in [1.82, 2.24) is 0 Å². The summed E-state index contributed by atoms with van der Waals surface area (Å²) in [6, 6.07) is 0. The predicted octanol–water partition coefficient (Wildman–Crippen LogP) is 3.14. The monoisotopic (exact) mass is 361 g/mol. The van der Waals surface area contributed by atoms with E-state index in [4.69, 9.17) is 0 Å². The molecule has 0 aliphatic rings. The fourth-order valence-corrected chi connectivity index (χ4v) is 0. The normalized spacial score (nSPS) is 5.86. The van der Waals surface area contributed by atoms with Crippen LogP contribution in [0.4, 0.5) is 0 Å². The Kier molecular flexibility index (Phi) is 18.6. The van der Waals surface area contributed by atoms with Crippen molar-refractivity contribution in [1.29, 1.82) is 0 Å². The van der Waals surface area contributed by atoms with Crippen LogP contribution >= 0.6 is 40.0 Å². The second kappa shape index (κ2) is 11.0. The molecule has 7 heavy (non-hydrogen) atoms. The summed E-state index contributed by atoms with van der Waals surface area (Å²) < 4.78 is 0. The first-order valence-corrected chi connectivity index (χ1v) is 11.1. The Morgan fingerprint density at radius 1 is 1.14 bits per heavy atom. The Morgan fingerprint density at radius 3 is 1.14 bits per heavy atom. The van der Waals surface area contributed by atoms with Gasteiger partial charge in [0.15, 0.2) is 0 Å². The van der Waals surface area contributed by atoms with E-state index in [9.17, 15) is 0 Å². The summed E-state index contributed by atoms with van der Waals surface area (Å²) in [4.78, 5) is 0. The quantitative estimate of drug-likeness (QED) is 0.460. The van der Waals surface area contributed by atoms with Crippen LogP contribution in [0.5, 0.6) is 0 Å². The van der Waals surface area contributed by atoms with Gasteiger partial charge in [0.2, 0.25) is 0 Å². The fourth-order valence-electron chi connectivity index (χ4n) is 0. The van der Waals surface area contributed by atoms with Crippen LogP contribution in [0, 0.1) is 0 Å². The Balaban J connectivity index is 0. The standard InChI is InChI=1S/C3H9B.2HI.V/c1-4(2)3;;;/h1-3H3;2*1H;/q;;;+2/p-2. The number of halogens is 2. The molecule has 0 aromatic carbocycles. The average molecular weight is 361 g/mol. The van der Waals surface area contributed by atoms with Crippen molar-refractivity contribution in [3.8, 4) is 0 Å². The molecular weight excluding hydrogens is 352 g/mol. The molecule has 0 nitrogen and oxygen atoms in total. The molecule has 0 unspecified atom stereocenters. The van der Waals surface area contributed by atoms with E-state index in [1.165, 1.54) is 0 Å². The van der Waals surface area contributed by atoms with Gasteiger partial charge in [0.1, 0.15) is 6.71 Å². The van der Waals surface area contributed by atoms with Gasteiger partial charge in [0.05, 0.1) is 0 Å². The molecule has 0 aromatic heterocycles. The second-order valence-corrected chi connectivity index (χ2v) is 13.6. The van der Waals surface area contributed by atoms with Crippen molar-refractivity contribution in [3.63, 3.8) is 0 Å². The van der Waals surface area contributed by atoms with Gasteiger partial charge in [-0.25, -0.2) is 0 Å². The second-order valence-electron chi connectivity index (χ2n) is 1.80. The fraction of sp³-hybridized carbons (Fsp3) is 1.00. The molecule has 4 heteroatoms. The van der Waals surface area contributed by atoms with Crippen LogP contribution in [0.25, 0.3) is 0 Å². The molecule has 0 aliphatic heterocycles. The summed E-state index contributed by atoms with van der Waals surface area (Å²) in [6.45, 7) is 7.33. The summed E-state index contributed by atoms with van der Waals surface area (Å²) in [5.74, 6) is 0. The van der Waals surface area contributed by atoms with Crippen molar-refractivity contribution >= 4 is 46.7 Å². The summed E-state index contributed by atoms with van der Waals surface area (Å²) in [7, 11) is 0.628. The third-order valence-corrected chi connectivity index (χ3v) is 0. The van der Waals surface area contributed by atoms with E-state index in [1.807, 2.05) is 0 Å².